The Labute approximate surface area is 99.3 Å². The Balaban J connectivity index is 2.34. The molecule has 1 heterocycles. The molecule has 0 aliphatic rings. The zero-order valence-electron chi connectivity index (χ0n) is 8.89. The van der Waals surface area contributed by atoms with Crippen LogP contribution in [0.1, 0.15) is 22.7 Å². The Kier molecular flexibility index (Phi) is 3.17. The van der Waals surface area contributed by atoms with Crippen LogP contribution in [-0.2, 0) is 0 Å². The lowest BCUT2D eigenvalue weighted by atomic mass is 10.0. The number of rotatable bonds is 2. The van der Waals surface area contributed by atoms with E-state index in [0.29, 0.717) is 0 Å². The molecule has 2 N–H and O–H groups in total. The molecule has 0 radical (unpaired) electrons. The Bertz CT molecular complexity index is 485. The first kappa shape index (κ1) is 11.0. The van der Waals surface area contributed by atoms with Crippen LogP contribution in [0.3, 0.4) is 0 Å². The first-order chi connectivity index (χ1) is 7.68. The van der Waals surface area contributed by atoms with Gasteiger partial charge in [-0.1, -0.05) is 23.7 Å². The van der Waals surface area contributed by atoms with Crippen molar-refractivity contribution in [2.24, 2.45) is 5.73 Å². The van der Waals surface area contributed by atoms with Gasteiger partial charge in [-0.3, -0.25) is 0 Å². The van der Waals surface area contributed by atoms with E-state index >= 15 is 0 Å². The fourth-order valence-corrected chi connectivity index (χ4v) is 1.64. The first-order valence-electron chi connectivity index (χ1n) is 4.95. The SMILES string of the molecule is Cc1cc(C(N)c2cncnc2)ccc1Cl. The molecule has 2 aromatic rings. The van der Waals surface area contributed by atoms with Crippen molar-refractivity contribution < 1.29 is 0 Å². The Morgan fingerprint density at radius 3 is 2.50 bits per heavy atom. The molecular weight excluding hydrogens is 222 g/mol. The van der Waals surface area contributed by atoms with Crippen molar-refractivity contribution in [2.45, 2.75) is 13.0 Å². The molecule has 0 saturated carbocycles. The van der Waals surface area contributed by atoms with Gasteiger partial charge in [0.2, 0.25) is 0 Å². The third-order valence-corrected chi connectivity index (χ3v) is 2.90. The van der Waals surface area contributed by atoms with Gasteiger partial charge in [0, 0.05) is 23.0 Å². The molecule has 1 unspecified atom stereocenters. The molecule has 4 heteroatoms. The predicted octanol–water partition coefficient (Wildman–Crippen LogP) is 2.49. The van der Waals surface area contributed by atoms with Gasteiger partial charge in [0.25, 0.3) is 0 Å². The lowest BCUT2D eigenvalue weighted by molar-refractivity contribution is 0.849. The minimum Gasteiger partial charge on any atom is -0.320 e. The Morgan fingerprint density at radius 2 is 1.88 bits per heavy atom. The van der Waals surface area contributed by atoms with Gasteiger partial charge in [-0.15, -0.1) is 0 Å². The maximum Gasteiger partial charge on any atom is 0.115 e. The molecule has 0 amide bonds. The highest BCUT2D eigenvalue weighted by molar-refractivity contribution is 6.31. The molecule has 0 saturated heterocycles. The summed E-state index contributed by atoms with van der Waals surface area (Å²) in [4.78, 5) is 7.91. The minimum atomic E-state index is -0.211. The fourth-order valence-electron chi connectivity index (χ4n) is 1.53. The summed E-state index contributed by atoms with van der Waals surface area (Å²) >= 11 is 5.97. The number of nitrogens with two attached hydrogens (primary N) is 1. The zero-order chi connectivity index (χ0) is 11.5. The van der Waals surface area contributed by atoms with Crippen molar-refractivity contribution >= 4 is 11.6 Å². The highest BCUT2D eigenvalue weighted by Gasteiger charge is 2.10. The number of benzene rings is 1. The first-order valence-corrected chi connectivity index (χ1v) is 5.33. The summed E-state index contributed by atoms with van der Waals surface area (Å²) in [5.74, 6) is 0. The summed E-state index contributed by atoms with van der Waals surface area (Å²) < 4.78 is 0. The second-order valence-corrected chi connectivity index (χ2v) is 4.07. The highest BCUT2D eigenvalue weighted by atomic mass is 35.5. The molecular formula is C12H12ClN3. The van der Waals surface area contributed by atoms with Crippen LogP contribution < -0.4 is 5.73 Å². The summed E-state index contributed by atoms with van der Waals surface area (Å²) in [5.41, 5.74) is 9.04. The minimum absolute atomic E-state index is 0.211. The van der Waals surface area contributed by atoms with Crippen molar-refractivity contribution in [3.63, 3.8) is 0 Å². The third-order valence-electron chi connectivity index (χ3n) is 2.48. The predicted molar refractivity (Wildman–Crippen MR) is 64.3 cm³/mol. The molecule has 1 aromatic carbocycles. The molecule has 16 heavy (non-hydrogen) atoms. The summed E-state index contributed by atoms with van der Waals surface area (Å²) in [7, 11) is 0. The molecule has 0 spiro atoms. The van der Waals surface area contributed by atoms with Gasteiger partial charge in [-0.05, 0) is 24.1 Å². The molecule has 0 fully saturated rings. The maximum atomic E-state index is 6.11. The van der Waals surface area contributed by atoms with Crippen LogP contribution in [0.15, 0.2) is 36.9 Å². The molecule has 0 aliphatic carbocycles. The zero-order valence-corrected chi connectivity index (χ0v) is 9.65. The monoisotopic (exact) mass is 233 g/mol. The van der Waals surface area contributed by atoms with Gasteiger partial charge < -0.3 is 5.73 Å². The largest absolute Gasteiger partial charge is 0.320 e. The van der Waals surface area contributed by atoms with E-state index < -0.39 is 0 Å². The Morgan fingerprint density at radius 1 is 1.19 bits per heavy atom. The quantitative estimate of drug-likeness (QED) is 0.867. The highest BCUT2D eigenvalue weighted by Crippen LogP contribution is 2.23. The van der Waals surface area contributed by atoms with Crippen molar-refractivity contribution in [1.29, 1.82) is 0 Å². The van der Waals surface area contributed by atoms with Crippen LogP contribution in [0.2, 0.25) is 5.02 Å². The van der Waals surface area contributed by atoms with Crippen molar-refractivity contribution in [1.82, 2.24) is 9.97 Å². The van der Waals surface area contributed by atoms with Gasteiger partial charge in [0.05, 0.1) is 6.04 Å². The van der Waals surface area contributed by atoms with E-state index in [1.165, 1.54) is 6.33 Å². The van der Waals surface area contributed by atoms with Gasteiger partial charge in [0.15, 0.2) is 0 Å². The van der Waals surface area contributed by atoms with E-state index in [2.05, 4.69) is 9.97 Å². The molecule has 1 aromatic heterocycles. The van der Waals surface area contributed by atoms with Crippen molar-refractivity contribution in [2.75, 3.05) is 0 Å². The molecule has 0 aliphatic heterocycles. The van der Waals surface area contributed by atoms with Crippen LogP contribution >= 0.6 is 11.6 Å². The maximum absolute atomic E-state index is 6.11. The number of halogens is 1. The van der Waals surface area contributed by atoms with Gasteiger partial charge in [-0.2, -0.15) is 0 Å². The summed E-state index contributed by atoms with van der Waals surface area (Å²) in [6.45, 7) is 1.96. The van der Waals surface area contributed by atoms with Crippen LogP contribution in [0.4, 0.5) is 0 Å². The summed E-state index contributed by atoms with van der Waals surface area (Å²) in [6.07, 6.45) is 4.94. The number of aromatic nitrogens is 2. The van der Waals surface area contributed by atoms with Crippen LogP contribution in [0, 0.1) is 6.92 Å². The number of aryl methyl sites for hydroxylation is 1. The fraction of sp³-hybridized carbons (Fsp3) is 0.167. The average Bonchev–Trinajstić information content (AvgIpc) is 2.33. The molecule has 2 rings (SSSR count). The van der Waals surface area contributed by atoms with E-state index in [4.69, 9.17) is 17.3 Å². The van der Waals surface area contributed by atoms with Crippen LogP contribution in [0.5, 0.6) is 0 Å². The van der Waals surface area contributed by atoms with Gasteiger partial charge >= 0.3 is 0 Å². The van der Waals surface area contributed by atoms with E-state index in [-0.39, 0.29) is 6.04 Å². The molecule has 82 valence electrons. The van der Waals surface area contributed by atoms with Gasteiger partial charge in [0.1, 0.15) is 6.33 Å². The topological polar surface area (TPSA) is 51.8 Å². The summed E-state index contributed by atoms with van der Waals surface area (Å²) in [6, 6.07) is 5.56. The number of hydrogen-bond acceptors (Lipinski definition) is 3. The number of nitrogens with zero attached hydrogens (tertiary/aromatic N) is 2. The Hall–Kier alpha value is -1.45. The second-order valence-electron chi connectivity index (χ2n) is 3.66. The third kappa shape index (κ3) is 2.21. The molecule has 1 atom stereocenters. The second kappa shape index (κ2) is 4.60. The van der Waals surface area contributed by atoms with E-state index in [1.54, 1.807) is 12.4 Å². The standard InChI is InChI=1S/C12H12ClN3/c1-8-4-9(2-3-11(8)13)12(14)10-5-15-7-16-6-10/h2-7,12H,14H2,1H3. The lowest BCUT2D eigenvalue weighted by Crippen LogP contribution is -2.12. The number of hydrogen-bond donors (Lipinski definition) is 1. The van der Waals surface area contributed by atoms with E-state index in [9.17, 15) is 0 Å². The lowest BCUT2D eigenvalue weighted by Gasteiger charge is -2.12. The van der Waals surface area contributed by atoms with E-state index in [0.717, 1.165) is 21.7 Å². The smallest absolute Gasteiger partial charge is 0.115 e. The molecule has 3 nitrogen and oxygen atoms in total. The average molecular weight is 234 g/mol. The van der Waals surface area contributed by atoms with Crippen LogP contribution in [-0.4, -0.2) is 9.97 Å². The van der Waals surface area contributed by atoms with Crippen LogP contribution in [0.25, 0.3) is 0 Å². The van der Waals surface area contributed by atoms with Crippen molar-refractivity contribution in [3.8, 4) is 0 Å². The molecule has 0 bridgehead atoms. The van der Waals surface area contributed by atoms with Crippen molar-refractivity contribution in [3.05, 3.63) is 58.6 Å². The van der Waals surface area contributed by atoms with Gasteiger partial charge in [-0.25, -0.2) is 9.97 Å². The van der Waals surface area contributed by atoms with E-state index in [1.807, 2.05) is 25.1 Å². The summed E-state index contributed by atoms with van der Waals surface area (Å²) in [5, 5.41) is 0.750. The normalized spacial score (nSPS) is 12.4.